The molecule has 0 spiro atoms. The van der Waals surface area contributed by atoms with Gasteiger partial charge in [0.15, 0.2) is 6.10 Å². The van der Waals surface area contributed by atoms with Gasteiger partial charge in [-0.1, -0.05) is 18.2 Å². The van der Waals surface area contributed by atoms with Crippen LogP contribution in [0.25, 0.3) is 0 Å². The molecule has 0 fully saturated rings. The van der Waals surface area contributed by atoms with Crippen LogP contribution in [0.4, 0.5) is 5.69 Å². The van der Waals surface area contributed by atoms with E-state index in [9.17, 15) is 4.79 Å². The van der Waals surface area contributed by atoms with Crippen molar-refractivity contribution < 1.29 is 9.53 Å². The Balaban J connectivity index is 2.07. The van der Waals surface area contributed by atoms with E-state index in [1.807, 2.05) is 57.2 Å². The summed E-state index contributed by atoms with van der Waals surface area (Å²) in [5.74, 6) is 0.566. The van der Waals surface area contributed by atoms with Crippen LogP contribution in [-0.4, -0.2) is 12.0 Å². The number of rotatable bonds is 4. The maximum Gasteiger partial charge on any atom is 0.265 e. The van der Waals surface area contributed by atoms with Crippen molar-refractivity contribution in [3.8, 4) is 5.75 Å². The van der Waals surface area contributed by atoms with Gasteiger partial charge in [0.1, 0.15) is 5.75 Å². The van der Waals surface area contributed by atoms with Crippen LogP contribution >= 0.6 is 15.9 Å². The van der Waals surface area contributed by atoms with Crippen molar-refractivity contribution in [2.45, 2.75) is 33.8 Å². The molecule has 2 rings (SSSR count). The summed E-state index contributed by atoms with van der Waals surface area (Å²) in [6.45, 7) is 7.77. The van der Waals surface area contributed by atoms with Crippen LogP contribution < -0.4 is 10.1 Å². The molecule has 1 unspecified atom stereocenters. The minimum absolute atomic E-state index is 0.176. The third-order valence-corrected chi connectivity index (χ3v) is 4.27. The lowest BCUT2D eigenvalue weighted by Crippen LogP contribution is -2.30. The van der Waals surface area contributed by atoms with Crippen molar-refractivity contribution in [3.63, 3.8) is 0 Å². The summed E-state index contributed by atoms with van der Waals surface area (Å²) < 4.78 is 6.66. The molecule has 0 saturated heterocycles. The average Bonchev–Trinajstić information content (AvgIpc) is 2.46. The first kappa shape index (κ1) is 16.6. The van der Waals surface area contributed by atoms with Crippen molar-refractivity contribution in [2.24, 2.45) is 0 Å². The molecule has 2 aromatic carbocycles. The van der Waals surface area contributed by atoms with Crippen LogP contribution in [0.5, 0.6) is 5.75 Å². The number of aryl methyl sites for hydroxylation is 2. The van der Waals surface area contributed by atoms with Gasteiger partial charge >= 0.3 is 0 Å². The van der Waals surface area contributed by atoms with Crippen molar-refractivity contribution in [1.82, 2.24) is 0 Å². The van der Waals surface area contributed by atoms with Crippen molar-refractivity contribution in [2.75, 3.05) is 5.32 Å². The van der Waals surface area contributed by atoms with Crippen LogP contribution in [0.15, 0.2) is 40.9 Å². The Labute approximate surface area is 139 Å². The standard InChI is InChI=1S/C18H20BrNO2/c1-11-8-9-16(15(19)10-11)20-18(21)14(4)22-17-7-5-6-12(2)13(17)3/h5-10,14H,1-4H3,(H,20,21). The molecule has 0 aliphatic heterocycles. The minimum Gasteiger partial charge on any atom is -0.481 e. The van der Waals surface area contributed by atoms with Crippen molar-refractivity contribution in [1.29, 1.82) is 0 Å². The van der Waals surface area contributed by atoms with E-state index in [1.165, 1.54) is 0 Å². The Kier molecular flexibility index (Phi) is 5.24. The van der Waals surface area contributed by atoms with E-state index < -0.39 is 6.10 Å². The first-order chi connectivity index (χ1) is 10.4. The molecule has 0 aliphatic rings. The SMILES string of the molecule is Cc1ccc(NC(=O)C(C)Oc2cccc(C)c2C)c(Br)c1. The van der Waals surface area contributed by atoms with Gasteiger partial charge in [-0.15, -0.1) is 0 Å². The normalized spacial score (nSPS) is 11.9. The molecule has 1 amide bonds. The monoisotopic (exact) mass is 361 g/mol. The first-order valence-corrected chi connectivity index (χ1v) is 7.97. The fraction of sp³-hybridized carbons (Fsp3) is 0.278. The van der Waals surface area contributed by atoms with Crippen molar-refractivity contribution in [3.05, 3.63) is 57.6 Å². The number of amides is 1. The number of nitrogens with one attached hydrogen (secondary N) is 1. The summed E-state index contributed by atoms with van der Waals surface area (Å²) in [4.78, 5) is 12.3. The Hall–Kier alpha value is -1.81. The van der Waals surface area contributed by atoms with Gasteiger partial charge in [-0.3, -0.25) is 4.79 Å². The van der Waals surface area contributed by atoms with Crippen LogP contribution in [0.2, 0.25) is 0 Å². The van der Waals surface area contributed by atoms with E-state index in [1.54, 1.807) is 6.92 Å². The molecule has 0 aromatic heterocycles. The van der Waals surface area contributed by atoms with Gasteiger partial charge in [-0.25, -0.2) is 0 Å². The molecule has 1 atom stereocenters. The third kappa shape index (κ3) is 3.89. The smallest absolute Gasteiger partial charge is 0.265 e. The second kappa shape index (κ2) is 6.97. The molecule has 0 bridgehead atoms. The number of carbonyl (C=O) groups is 1. The summed E-state index contributed by atoms with van der Waals surface area (Å²) >= 11 is 3.46. The summed E-state index contributed by atoms with van der Waals surface area (Å²) in [5.41, 5.74) is 4.07. The van der Waals surface area contributed by atoms with Crippen LogP contribution in [0, 0.1) is 20.8 Å². The van der Waals surface area contributed by atoms with Crippen LogP contribution in [0.1, 0.15) is 23.6 Å². The highest BCUT2D eigenvalue weighted by Gasteiger charge is 2.17. The summed E-state index contributed by atoms with van der Waals surface area (Å²) in [6.07, 6.45) is -0.575. The van der Waals surface area contributed by atoms with Gasteiger partial charge < -0.3 is 10.1 Å². The quantitative estimate of drug-likeness (QED) is 0.850. The Bertz CT molecular complexity index is 697. The lowest BCUT2D eigenvalue weighted by molar-refractivity contribution is -0.122. The largest absolute Gasteiger partial charge is 0.481 e. The molecule has 0 heterocycles. The van der Waals surface area contributed by atoms with E-state index >= 15 is 0 Å². The number of anilines is 1. The highest BCUT2D eigenvalue weighted by molar-refractivity contribution is 9.10. The zero-order valence-electron chi connectivity index (χ0n) is 13.2. The highest BCUT2D eigenvalue weighted by atomic mass is 79.9. The van der Waals surface area contributed by atoms with Gasteiger partial charge in [0.05, 0.1) is 5.69 Å². The molecule has 0 saturated carbocycles. The number of ether oxygens (including phenoxy) is 1. The number of hydrogen-bond acceptors (Lipinski definition) is 2. The zero-order chi connectivity index (χ0) is 16.3. The van der Waals surface area contributed by atoms with E-state index in [2.05, 4.69) is 21.2 Å². The Morgan fingerprint density at radius 3 is 2.59 bits per heavy atom. The molecule has 4 heteroatoms. The fourth-order valence-electron chi connectivity index (χ4n) is 2.05. The summed E-state index contributed by atoms with van der Waals surface area (Å²) in [6, 6.07) is 11.6. The molecular weight excluding hydrogens is 342 g/mol. The Morgan fingerprint density at radius 2 is 1.91 bits per heavy atom. The number of benzene rings is 2. The molecule has 116 valence electrons. The number of carbonyl (C=O) groups excluding carboxylic acids is 1. The van der Waals surface area contributed by atoms with Gasteiger partial charge in [0, 0.05) is 4.47 Å². The van der Waals surface area contributed by atoms with Crippen LogP contribution in [0.3, 0.4) is 0 Å². The maximum atomic E-state index is 12.3. The van der Waals surface area contributed by atoms with Crippen LogP contribution in [-0.2, 0) is 4.79 Å². The van der Waals surface area contributed by atoms with Gasteiger partial charge in [-0.2, -0.15) is 0 Å². The number of halogens is 1. The molecule has 0 radical (unpaired) electrons. The summed E-state index contributed by atoms with van der Waals surface area (Å²) in [5, 5.41) is 2.88. The molecule has 22 heavy (non-hydrogen) atoms. The molecule has 2 aromatic rings. The lowest BCUT2D eigenvalue weighted by Gasteiger charge is -2.17. The molecular formula is C18H20BrNO2. The minimum atomic E-state index is -0.575. The summed E-state index contributed by atoms with van der Waals surface area (Å²) in [7, 11) is 0. The average molecular weight is 362 g/mol. The fourth-order valence-corrected chi connectivity index (χ4v) is 2.64. The van der Waals surface area contributed by atoms with E-state index in [-0.39, 0.29) is 5.91 Å². The second-order valence-corrected chi connectivity index (χ2v) is 6.29. The molecule has 0 aliphatic carbocycles. The topological polar surface area (TPSA) is 38.3 Å². The molecule has 3 nitrogen and oxygen atoms in total. The predicted molar refractivity (Wildman–Crippen MR) is 93.5 cm³/mol. The van der Waals surface area contributed by atoms with Gasteiger partial charge in [0.25, 0.3) is 5.91 Å². The third-order valence-electron chi connectivity index (χ3n) is 3.61. The zero-order valence-corrected chi connectivity index (χ0v) is 14.8. The second-order valence-electron chi connectivity index (χ2n) is 5.43. The highest BCUT2D eigenvalue weighted by Crippen LogP contribution is 2.25. The van der Waals surface area contributed by atoms with E-state index in [0.717, 1.165) is 32.6 Å². The van der Waals surface area contributed by atoms with Crippen molar-refractivity contribution >= 4 is 27.5 Å². The Morgan fingerprint density at radius 1 is 1.18 bits per heavy atom. The number of hydrogen-bond donors (Lipinski definition) is 1. The predicted octanol–water partition coefficient (Wildman–Crippen LogP) is 4.78. The van der Waals surface area contributed by atoms with E-state index in [4.69, 9.17) is 4.74 Å². The van der Waals surface area contributed by atoms with Gasteiger partial charge in [-0.05, 0) is 78.5 Å². The molecule has 1 N–H and O–H groups in total. The van der Waals surface area contributed by atoms with Gasteiger partial charge in [0.2, 0.25) is 0 Å². The van der Waals surface area contributed by atoms with E-state index in [0.29, 0.717) is 0 Å². The lowest BCUT2D eigenvalue weighted by atomic mass is 10.1. The maximum absolute atomic E-state index is 12.3. The first-order valence-electron chi connectivity index (χ1n) is 7.18.